The van der Waals surface area contributed by atoms with Crippen molar-refractivity contribution >= 4 is 11.9 Å². The lowest BCUT2D eigenvalue weighted by atomic mass is 9.85. The highest BCUT2D eigenvalue weighted by Crippen LogP contribution is 2.55. The molecule has 0 radical (unpaired) electrons. The number of carbonyl (C=O) groups excluding carboxylic acids is 1. The summed E-state index contributed by atoms with van der Waals surface area (Å²) in [5, 5.41) is 30.8. The number of hydrogen-bond acceptors (Lipinski definition) is 15. The van der Waals surface area contributed by atoms with Crippen molar-refractivity contribution in [3.63, 3.8) is 0 Å². The molecule has 274 valence electrons. The van der Waals surface area contributed by atoms with Gasteiger partial charge in [0, 0.05) is 35.2 Å². The van der Waals surface area contributed by atoms with Gasteiger partial charge in [0.05, 0.1) is 25.4 Å². The van der Waals surface area contributed by atoms with Crippen LogP contribution < -0.4 is 29.6 Å². The molecule has 8 atom stereocenters. The first-order chi connectivity index (χ1) is 25.3. The number of nitrogens with two attached hydrogens (primary N) is 1. The Morgan fingerprint density at radius 1 is 0.923 bits per heavy atom. The second-order valence-electron chi connectivity index (χ2n) is 12.7. The highest BCUT2D eigenvalue weighted by Gasteiger charge is 2.50. The van der Waals surface area contributed by atoms with Crippen molar-refractivity contribution in [3.05, 3.63) is 83.1 Å². The smallest absolute Gasteiger partial charge is 0.317 e. The number of allylic oxidation sites excluding steroid dienone is 1. The number of aliphatic carboxylic acids is 1. The number of carboxylic acids is 1. The fourth-order valence-electron chi connectivity index (χ4n) is 6.99. The van der Waals surface area contributed by atoms with Crippen LogP contribution in [0.3, 0.4) is 0 Å². The molecule has 0 amide bonds. The number of benzene rings is 3. The number of hydrogen-bond donors (Lipinski definition) is 4. The van der Waals surface area contributed by atoms with Crippen LogP contribution in [-0.4, -0.2) is 91.1 Å². The molecule has 0 saturated carbocycles. The van der Waals surface area contributed by atoms with E-state index in [2.05, 4.69) is 0 Å². The first-order valence-corrected chi connectivity index (χ1v) is 16.6. The highest BCUT2D eigenvalue weighted by molar-refractivity contribution is 5.90. The lowest BCUT2D eigenvalue weighted by molar-refractivity contribution is -0.372. The standard InChI is InChI=1S/C36H35NO15/c37-5-7-44-36-35-34(32(42)29(50-36)15-46-31(41)13-30(39)40)43-6-4-19(17-2-1-3-18(38)8-17)20-9-24-22(11-26(20)51-52-35)33-23(14-45-24)21-10-27-28(48-16-47-27)12-25(21)49-33/h1-4,6,8-12,19,23,29,32-36,38,42H,5,7,13-16,37H2,(H,39,40)/t19-,23+,29+,32+,33-,34+,35+,36+/m0/s1. The predicted octanol–water partition coefficient (Wildman–Crippen LogP) is 2.53. The number of carbonyl (C=O) groups is 2. The number of aliphatic hydroxyl groups excluding tert-OH is 1. The molecule has 5 N–H and O–H groups in total. The number of ether oxygens (including phenoxy) is 8. The summed E-state index contributed by atoms with van der Waals surface area (Å²) < 4.78 is 46.9. The maximum absolute atomic E-state index is 12.0. The van der Waals surface area contributed by atoms with E-state index >= 15 is 0 Å². The monoisotopic (exact) mass is 721 g/mol. The van der Waals surface area contributed by atoms with Gasteiger partial charge < -0.3 is 63.8 Å². The van der Waals surface area contributed by atoms with Crippen LogP contribution in [0.1, 0.15) is 46.6 Å². The highest BCUT2D eigenvalue weighted by atomic mass is 17.2. The molecule has 5 aliphatic rings. The SMILES string of the molecule is NCCO[C@@H]1O[C@H](COC(=O)CC(=O)O)[C@@H](O)[C@H]2OC=C[C@@H](c3cccc(O)c3)c3cc4c(cc3OO[C@@H]12)[C@@H]1Oc2cc3c(cc2[C@H]1CO4)OCO3. The number of aromatic hydroxyl groups is 1. The van der Waals surface area contributed by atoms with Gasteiger partial charge in [0.15, 0.2) is 35.7 Å². The Hall–Kier alpha value is -5.26. The number of carboxylic acid groups (broad SMARTS) is 1. The minimum absolute atomic E-state index is 0.0240. The van der Waals surface area contributed by atoms with E-state index in [1.54, 1.807) is 30.3 Å². The molecular formula is C36H35NO15. The van der Waals surface area contributed by atoms with Gasteiger partial charge in [0.1, 0.15) is 48.6 Å². The van der Waals surface area contributed by atoms with Gasteiger partial charge in [-0.3, -0.25) is 9.59 Å². The van der Waals surface area contributed by atoms with E-state index in [4.69, 9.17) is 58.5 Å². The third-order valence-electron chi connectivity index (χ3n) is 9.43. The van der Waals surface area contributed by atoms with E-state index < -0.39 is 67.7 Å². The normalized spacial score (nSPS) is 27.9. The van der Waals surface area contributed by atoms with Gasteiger partial charge in [-0.2, -0.15) is 4.89 Å². The zero-order chi connectivity index (χ0) is 35.9. The number of fused-ring (bicyclic) bond motifs is 8. The molecule has 8 rings (SSSR count). The second-order valence-corrected chi connectivity index (χ2v) is 12.7. The molecule has 52 heavy (non-hydrogen) atoms. The largest absolute Gasteiger partial charge is 0.508 e. The topological polar surface area (TPSA) is 213 Å². The summed E-state index contributed by atoms with van der Waals surface area (Å²) in [5.74, 6) is -0.363. The number of esters is 1. The average molecular weight is 722 g/mol. The third kappa shape index (κ3) is 6.39. The van der Waals surface area contributed by atoms with Gasteiger partial charge in [-0.05, 0) is 42.0 Å². The van der Waals surface area contributed by atoms with Crippen molar-refractivity contribution in [3.8, 4) is 34.5 Å². The first kappa shape index (κ1) is 33.9. The maximum atomic E-state index is 12.0. The molecule has 0 spiro atoms. The number of rotatable bonds is 8. The molecule has 3 aromatic carbocycles. The van der Waals surface area contributed by atoms with Gasteiger partial charge in [0.25, 0.3) is 0 Å². The Kier molecular flexibility index (Phi) is 9.15. The van der Waals surface area contributed by atoms with Crippen molar-refractivity contribution in [1.82, 2.24) is 0 Å². The number of aliphatic hydroxyl groups is 1. The van der Waals surface area contributed by atoms with Gasteiger partial charge in [0.2, 0.25) is 6.79 Å². The average Bonchev–Trinajstić information content (AvgIpc) is 3.74. The first-order valence-electron chi connectivity index (χ1n) is 16.6. The minimum atomic E-state index is -1.47. The molecule has 5 aliphatic heterocycles. The van der Waals surface area contributed by atoms with Crippen LogP contribution in [-0.2, 0) is 33.4 Å². The summed E-state index contributed by atoms with van der Waals surface area (Å²) in [6.07, 6.45) is -4.51. The quantitative estimate of drug-likeness (QED) is 0.149. The van der Waals surface area contributed by atoms with Crippen LogP contribution in [0, 0.1) is 0 Å². The molecule has 0 aliphatic carbocycles. The van der Waals surface area contributed by atoms with Gasteiger partial charge in [-0.25, -0.2) is 0 Å². The molecule has 0 unspecified atom stereocenters. The maximum Gasteiger partial charge on any atom is 0.317 e. The molecule has 0 aromatic heterocycles. The molecule has 16 nitrogen and oxygen atoms in total. The number of phenols is 1. The zero-order valence-corrected chi connectivity index (χ0v) is 27.5. The Morgan fingerprint density at radius 3 is 2.54 bits per heavy atom. The zero-order valence-electron chi connectivity index (χ0n) is 27.5. The molecule has 1 fully saturated rings. The van der Waals surface area contributed by atoms with Crippen LogP contribution in [0.4, 0.5) is 0 Å². The van der Waals surface area contributed by atoms with Crippen molar-refractivity contribution in [1.29, 1.82) is 0 Å². The lowest BCUT2D eigenvalue weighted by Crippen LogP contribution is -2.61. The summed E-state index contributed by atoms with van der Waals surface area (Å²) in [6, 6.07) is 14.0. The lowest BCUT2D eigenvalue weighted by Gasteiger charge is -2.42. The van der Waals surface area contributed by atoms with Crippen LogP contribution in [0.5, 0.6) is 34.5 Å². The minimum Gasteiger partial charge on any atom is -0.508 e. The van der Waals surface area contributed by atoms with Gasteiger partial charge >= 0.3 is 11.9 Å². The van der Waals surface area contributed by atoms with Crippen molar-refractivity contribution < 1.29 is 72.6 Å². The summed E-state index contributed by atoms with van der Waals surface area (Å²) in [4.78, 5) is 35.1. The third-order valence-corrected chi connectivity index (χ3v) is 9.43. The van der Waals surface area contributed by atoms with Crippen LogP contribution in [0.15, 0.2) is 60.9 Å². The van der Waals surface area contributed by atoms with Crippen LogP contribution in [0.2, 0.25) is 0 Å². The van der Waals surface area contributed by atoms with Gasteiger partial charge in [-0.1, -0.05) is 12.1 Å². The summed E-state index contributed by atoms with van der Waals surface area (Å²) in [7, 11) is 0. The fourth-order valence-corrected chi connectivity index (χ4v) is 6.99. The molecular weight excluding hydrogens is 686 g/mol. The number of phenolic OH excluding ortho intramolecular Hbond substituents is 1. The predicted molar refractivity (Wildman–Crippen MR) is 173 cm³/mol. The fraction of sp³-hybridized carbons (Fsp3) is 0.389. The van der Waals surface area contributed by atoms with E-state index in [0.717, 1.165) is 5.56 Å². The Balaban J connectivity index is 1.15. The van der Waals surface area contributed by atoms with E-state index in [1.807, 2.05) is 24.3 Å². The van der Waals surface area contributed by atoms with E-state index in [-0.39, 0.29) is 37.4 Å². The van der Waals surface area contributed by atoms with E-state index in [9.17, 15) is 19.8 Å². The molecule has 3 aromatic rings. The molecule has 16 heteroatoms. The molecule has 5 heterocycles. The van der Waals surface area contributed by atoms with E-state index in [1.165, 1.54) is 6.26 Å². The van der Waals surface area contributed by atoms with Gasteiger partial charge in [-0.15, -0.1) is 0 Å². The second kappa shape index (κ2) is 14.0. The molecule has 0 bridgehead atoms. The summed E-state index contributed by atoms with van der Waals surface area (Å²) >= 11 is 0. The van der Waals surface area contributed by atoms with Crippen molar-refractivity contribution in [2.75, 3.05) is 33.2 Å². The van der Waals surface area contributed by atoms with E-state index in [0.29, 0.717) is 46.3 Å². The Labute approximate surface area is 296 Å². The summed E-state index contributed by atoms with van der Waals surface area (Å²) in [6.45, 7) is 0.114. The van der Waals surface area contributed by atoms with Crippen molar-refractivity contribution in [2.24, 2.45) is 5.73 Å². The van der Waals surface area contributed by atoms with Crippen molar-refractivity contribution in [2.45, 2.75) is 55.1 Å². The molecule has 1 saturated heterocycles. The summed E-state index contributed by atoms with van der Waals surface area (Å²) in [5.41, 5.74) is 8.60. The Bertz CT molecular complexity index is 1880. The Morgan fingerprint density at radius 2 is 1.73 bits per heavy atom. The van der Waals surface area contributed by atoms with Crippen LogP contribution >= 0.6 is 0 Å². The van der Waals surface area contributed by atoms with Crippen LogP contribution in [0.25, 0.3) is 0 Å².